The third-order valence-electron chi connectivity index (χ3n) is 3.44. The van der Waals surface area contributed by atoms with Gasteiger partial charge in [0.2, 0.25) is 11.8 Å². The van der Waals surface area contributed by atoms with Crippen LogP contribution in [0.2, 0.25) is 0 Å². The van der Waals surface area contributed by atoms with Gasteiger partial charge in [-0.2, -0.15) is 0 Å². The van der Waals surface area contributed by atoms with Gasteiger partial charge in [0.15, 0.2) is 0 Å². The van der Waals surface area contributed by atoms with Crippen LogP contribution in [0.3, 0.4) is 0 Å². The lowest BCUT2D eigenvalue weighted by Crippen LogP contribution is -2.49. The summed E-state index contributed by atoms with van der Waals surface area (Å²) in [5.41, 5.74) is 0. The molecule has 1 heterocycles. The van der Waals surface area contributed by atoms with Crippen LogP contribution in [0.1, 0.15) is 27.2 Å². The summed E-state index contributed by atoms with van der Waals surface area (Å²) in [6.45, 7) is 7.72. The molecule has 0 aromatic heterocycles. The van der Waals surface area contributed by atoms with Gasteiger partial charge in [-0.25, -0.2) is 0 Å². The molecule has 1 fully saturated rings. The van der Waals surface area contributed by atoms with Gasteiger partial charge in [0.1, 0.15) is 6.04 Å². The van der Waals surface area contributed by atoms with Gasteiger partial charge in [0.05, 0.1) is 5.92 Å². The molecule has 0 aliphatic carbocycles. The van der Waals surface area contributed by atoms with Crippen LogP contribution in [0.25, 0.3) is 0 Å². The van der Waals surface area contributed by atoms with Crippen LogP contribution in [0.15, 0.2) is 0 Å². The van der Waals surface area contributed by atoms with Crippen LogP contribution in [0, 0.1) is 17.8 Å². The minimum atomic E-state index is -0.421. The quantitative estimate of drug-likeness (QED) is 0.653. The summed E-state index contributed by atoms with van der Waals surface area (Å²) in [5.74, 6) is 0.544. The number of amides is 2. The van der Waals surface area contributed by atoms with Crippen LogP contribution in [-0.2, 0) is 9.59 Å². The Hall–Kier alpha value is -1.10. The van der Waals surface area contributed by atoms with Crippen molar-refractivity contribution in [2.75, 3.05) is 20.1 Å². The molecule has 5 nitrogen and oxygen atoms in total. The van der Waals surface area contributed by atoms with E-state index in [-0.39, 0.29) is 17.7 Å². The van der Waals surface area contributed by atoms with Gasteiger partial charge in [-0.15, -0.1) is 0 Å². The molecular weight excluding hydrogens is 230 g/mol. The predicted octanol–water partition coefficient (Wildman–Crippen LogP) is 0.119. The lowest BCUT2D eigenvalue weighted by atomic mass is 9.96. The third-order valence-corrected chi connectivity index (χ3v) is 3.44. The Morgan fingerprint density at radius 1 is 1.33 bits per heavy atom. The van der Waals surface area contributed by atoms with Crippen LogP contribution in [-0.4, -0.2) is 38.0 Å². The van der Waals surface area contributed by atoms with E-state index in [0.717, 1.165) is 6.54 Å². The fourth-order valence-corrected chi connectivity index (χ4v) is 2.32. The molecule has 18 heavy (non-hydrogen) atoms. The molecule has 0 aromatic rings. The normalized spacial score (nSPS) is 24.9. The minimum absolute atomic E-state index is 0.0123. The third kappa shape index (κ3) is 3.98. The van der Waals surface area contributed by atoms with Crippen molar-refractivity contribution in [3.8, 4) is 0 Å². The standard InChI is InChI=1S/C13H25N3O2/c1-8(2)5-11(13(18)14-4)16-12(17)10-7-15-6-9(10)3/h8-11,15H,5-7H2,1-4H3,(H,14,18)(H,16,17)/t9-,10-,11?/m1/s1. The van der Waals surface area contributed by atoms with Crippen molar-refractivity contribution >= 4 is 11.8 Å². The first kappa shape index (κ1) is 15.0. The molecular formula is C13H25N3O2. The van der Waals surface area contributed by atoms with Gasteiger partial charge >= 0.3 is 0 Å². The van der Waals surface area contributed by atoms with Gasteiger partial charge in [-0.3, -0.25) is 9.59 Å². The number of hydrogen-bond donors (Lipinski definition) is 3. The zero-order chi connectivity index (χ0) is 13.7. The summed E-state index contributed by atoms with van der Waals surface area (Å²) < 4.78 is 0. The molecule has 0 saturated carbocycles. The van der Waals surface area contributed by atoms with E-state index in [1.54, 1.807) is 7.05 Å². The van der Waals surface area contributed by atoms with Crippen LogP contribution < -0.4 is 16.0 Å². The van der Waals surface area contributed by atoms with E-state index < -0.39 is 6.04 Å². The number of carbonyl (C=O) groups excluding carboxylic acids is 2. The first-order valence-corrected chi connectivity index (χ1v) is 6.68. The molecule has 1 aliphatic rings. The second kappa shape index (κ2) is 6.73. The van der Waals surface area contributed by atoms with Gasteiger partial charge in [0, 0.05) is 13.6 Å². The maximum absolute atomic E-state index is 12.1. The smallest absolute Gasteiger partial charge is 0.242 e. The molecule has 0 aromatic carbocycles. The van der Waals surface area contributed by atoms with E-state index in [1.165, 1.54) is 0 Å². The molecule has 1 unspecified atom stereocenters. The summed E-state index contributed by atoms with van der Waals surface area (Å²) in [7, 11) is 1.60. The average molecular weight is 255 g/mol. The number of likely N-dealkylation sites (N-methyl/N-ethyl adjacent to an activating group) is 1. The highest BCUT2D eigenvalue weighted by Crippen LogP contribution is 2.16. The molecule has 1 rings (SSSR count). The zero-order valence-corrected chi connectivity index (χ0v) is 11.7. The van der Waals surface area contributed by atoms with Crippen LogP contribution in [0.5, 0.6) is 0 Å². The fourth-order valence-electron chi connectivity index (χ4n) is 2.32. The van der Waals surface area contributed by atoms with Gasteiger partial charge in [-0.1, -0.05) is 20.8 Å². The molecule has 3 atom stereocenters. The molecule has 2 amide bonds. The molecule has 1 saturated heterocycles. The number of hydrogen-bond acceptors (Lipinski definition) is 3. The van der Waals surface area contributed by atoms with Crippen molar-refractivity contribution in [2.45, 2.75) is 33.2 Å². The Balaban J connectivity index is 2.59. The maximum Gasteiger partial charge on any atom is 0.242 e. The SMILES string of the molecule is CNC(=O)C(CC(C)C)NC(=O)[C@@H]1CNC[C@H]1C. The zero-order valence-electron chi connectivity index (χ0n) is 11.7. The maximum atomic E-state index is 12.1. The number of nitrogens with one attached hydrogen (secondary N) is 3. The molecule has 3 N–H and O–H groups in total. The van der Waals surface area contributed by atoms with E-state index in [2.05, 4.69) is 22.9 Å². The highest BCUT2D eigenvalue weighted by Gasteiger charge is 2.32. The van der Waals surface area contributed by atoms with Crippen molar-refractivity contribution in [1.82, 2.24) is 16.0 Å². The minimum Gasteiger partial charge on any atom is -0.357 e. The summed E-state index contributed by atoms with van der Waals surface area (Å²) in [6.07, 6.45) is 0.667. The summed E-state index contributed by atoms with van der Waals surface area (Å²) in [6, 6.07) is -0.421. The summed E-state index contributed by atoms with van der Waals surface area (Å²) >= 11 is 0. The second-order valence-electron chi connectivity index (χ2n) is 5.55. The second-order valence-corrected chi connectivity index (χ2v) is 5.55. The van der Waals surface area contributed by atoms with Crippen molar-refractivity contribution in [2.24, 2.45) is 17.8 Å². The fraction of sp³-hybridized carbons (Fsp3) is 0.846. The highest BCUT2D eigenvalue weighted by atomic mass is 16.2. The molecule has 0 bridgehead atoms. The molecule has 104 valence electrons. The van der Waals surface area contributed by atoms with Gasteiger partial charge < -0.3 is 16.0 Å². The van der Waals surface area contributed by atoms with Crippen molar-refractivity contribution in [3.05, 3.63) is 0 Å². The van der Waals surface area contributed by atoms with Crippen LogP contribution in [0.4, 0.5) is 0 Å². The Bertz CT molecular complexity index is 305. The van der Waals surface area contributed by atoms with E-state index >= 15 is 0 Å². The average Bonchev–Trinajstić information content (AvgIpc) is 2.73. The Morgan fingerprint density at radius 3 is 2.44 bits per heavy atom. The van der Waals surface area contributed by atoms with Crippen molar-refractivity contribution < 1.29 is 9.59 Å². The van der Waals surface area contributed by atoms with Crippen molar-refractivity contribution in [3.63, 3.8) is 0 Å². The van der Waals surface area contributed by atoms with E-state index in [9.17, 15) is 9.59 Å². The first-order chi connectivity index (χ1) is 8.45. The molecule has 0 spiro atoms. The molecule has 5 heteroatoms. The molecule has 0 radical (unpaired) electrons. The first-order valence-electron chi connectivity index (χ1n) is 6.68. The molecule has 1 aliphatic heterocycles. The monoisotopic (exact) mass is 255 g/mol. The Labute approximate surface area is 109 Å². The topological polar surface area (TPSA) is 70.2 Å². The lowest BCUT2D eigenvalue weighted by molar-refractivity contribution is -0.131. The van der Waals surface area contributed by atoms with Crippen LogP contribution >= 0.6 is 0 Å². The predicted molar refractivity (Wildman–Crippen MR) is 71.0 cm³/mol. The summed E-state index contributed by atoms with van der Waals surface area (Å²) in [5, 5.41) is 8.69. The van der Waals surface area contributed by atoms with Crippen molar-refractivity contribution in [1.29, 1.82) is 0 Å². The van der Waals surface area contributed by atoms with Gasteiger partial charge in [-0.05, 0) is 24.8 Å². The largest absolute Gasteiger partial charge is 0.357 e. The van der Waals surface area contributed by atoms with E-state index in [4.69, 9.17) is 0 Å². The van der Waals surface area contributed by atoms with E-state index in [0.29, 0.717) is 24.8 Å². The lowest BCUT2D eigenvalue weighted by Gasteiger charge is -2.22. The Morgan fingerprint density at radius 2 is 2.00 bits per heavy atom. The van der Waals surface area contributed by atoms with Gasteiger partial charge in [0.25, 0.3) is 0 Å². The summed E-state index contributed by atoms with van der Waals surface area (Å²) in [4.78, 5) is 23.9. The Kier molecular flexibility index (Phi) is 5.59. The highest BCUT2D eigenvalue weighted by molar-refractivity contribution is 5.88. The number of carbonyl (C=O) groups is 2. The van der Waals surface area contributed by atoms with E-state index in [1.807, 2.05) is 13.8 Å². The number of rotatable bonds is 5.